The van der Waals surface area contributed by atoms with Crippen LogP contribution in [0.1, 0.15) is 18.5 Å². The summed E-state index contributed by atoms with van der Waals surface area (Å²) in [6.07, 6.45) is 2.65. The van der Waals surface area contributed by atoms with Crippen LogP contribution in [0.3, 0.4) is 0 Å². The lowest BCUT2D eigenvalue weighted by atomic mass is 10.1. The number of methoxy groups -OCH3 is 1. The first kappa shape index (κ1) is 11.8. The second-order valence-electron chi connectivity index (χ2n) is 4.16. The molecule has 0 radical (unpaired) electrons. The third-order valence-corrected chi connectivity index (χ3v) is 3.24. The average molecular weight is 241 g/mol. The molecule has 0 N–H and O–H groups in total. The highest BCUT2D eigenvalue weighted by Gasteiger charge is 2.18. The van der Waals surface area contributed by atoms with Crippen molar-refractivity contribution in [2.75, 3.05) is 20.2 Å². The molecule has 0 aromatic carbocycles. The van der Waals surface area contributed by atoms with Crippen LogP contribution in [-0.4, -0.2) is 36.2 Å². The van der Waals surface area contributed by atoms with Gasteiger partial charge in [-0.3, -0.25) is 4.90 Å². The van der Waals surface area contributed by atoms with E-state index >= 15 is 0 Å². The van der Waals surface area contributed by atoms with Gasteiger partial charge in [0.25, 0.3) is 0 Å². The average Bonchev–Trinajstić information content (AvgIpc) is 2.30. The monoisotopic (exact) mass is 240 g/mol. The summed E-state index contributed by atoms with van der Waals surface area (Å²) in [7, 11) is 1.79. The standard InChI is InChI=1S/C12H17ClN2O/c1-16-11-5-7-15(8-6-11)9-10-3-2-4-12(13)14-10/h2-4,11H,5-9H2,1H3. The van der Waals surface area contributed by atoms with Gasteiger partial charge in [0.05, 0.1) is 11.8 Å². The number of rotatable bonds is 3. The molecule has 0 atom stereocenters. The quantitative estimate of drug-likeness (QED) is 0.759. The van der Waals surface area contributed by atoms with Crippen LogP contribution in [0.5, 0.6) is 0 Å². The predicted octanol–water partition coefficient (Wildman–Crippen LogP) is 2.35. The van der Waals surface area contributed by atoms with Crippen molar-refractivity contribution in [2.45, 2.75) is 25.5 Å². The zero-order chi connectivity index (χ0) is 11.4. The third kappa shape index (κ3) is 3.17. The molecule has 1 aliphatic heterocycles. The van der Waals surface area contributed by atoms with E-state index in [4.69, 9.17) is 16.3 Å². The summed E-state index contributed by atoms with van der Waals surface area (Å²) >= 11 is 5.86. The fourth-order valence-corrected chi connectivity index (χ4v) is 2.25. The highest BCUT2D eigenvalue weighted by Crippen LogP contribution is 2.15. The van der Waals surface area contributed by atoms with Gasteiger partial charge < -0.3 is 4.74 Å². The molecule has 16 heavy (non-hydrogen) atoms. The normalized spacial score (nSPS) is 18.9. The summed E-state index contributed by atoms with van der Waals surface area (Å²) in [5, 5.41) is 0.573. The number of ether oxygens (including phenoxy) is 1. The van der Waals surface area contributed by atoms with E-state index < -0.39 is 0 Å². The van der Waals surface area contributed by atoms with E-state index in [1.165, 1.54) is 0 Å². The van der Waals surface area contributed by atoms with Gasteiger partial charge in [0, 0.05) is 26.7 Å². The Bertz CT molecular complexity index is 338. The van der Waals surface area contributed by atoms with Gasteiger partial charge in [0.1, 0.15) is 5.15 Å². The molecule has 2 heterocycles. The van der Waals surface area contributed by atoms with Crippen molar-refractivity contribution in [2.24, 2.45) is 0 Å². The lowest BCUT2D eigenvalue weighted by Crippen LogP contribution is -2.36. The van der Waals surface area contributed by atoms with Gasteiger partial charge in [0.15, 0.2) is 0 Å². The molecular weight excluding hydrogens is 224 g/mol. The van der Waals surface area contributed by atoms with Gasteiger partial charge in [-0.25, -0.2) is 4.98 Å². The van der Waals surface area contributed by atoms with E-state index in [0.717, 1.165) is 38.2 Å². The van der Waals surface area contributed by atoms with Crippen LogP contribution in [0.4, 0.5) is 0 Å². The molecule has 1 fully saturated rings. The summed E-state index contributed by atoms with van der Waals surface area (Å²) in [6.45, 7) is 3.04. The summed E-state index contributed by atoms with van der Waals surface area (Å²) < 4.78 is 5.35. The van der Waals surface area contributed by atoms with E-state index in [0.29, 0.717) is 11.3 Å². The van der Waals surface area contributed by atoms with E-state index in [9.17, 15) is 0 Å². The van der Waals surface area contributed by atoms with Crippen LogP contribution in [0, 0.1) is 0 Å². The molecule has 0 spiro atoms. The first-order valence-corrected chi connectivity index (χ1v) is 6.02. The van der Waals surface area contributed by atoms with Crippen molar-refractivity contribution < 1.29 is 4.74 Å². The lowest BCUT2D eigenvalue weighted by Gasteiger charge is -2.30. The highest BCUT2D eigenvalue weighted by molar-refractivity contribution is 6.29. The van der Waals surface area contributed by atoms with Crippen LogP contribution < -0.4 is 0 Å². The van der Waals surface area contributed by atoms with Crippen molar-refractivity contribution in [1.29, 1.82) is 0 Å². The summed E-state index contributed by atoms with van der Waals surface area (Å²) in [6, 6.07) is 5.78. The zero-order valence-electron chi connectivity index (χ0n) is 9.53. The number of piperidine rings is 1. The van der Waals surface area contributed by atoms with Gasteiger partial charge in [0.2, 0.25) is 0 Å². The van der Waals surface area contributed by atoms with E-state index in [-0.39, 0.29) is 0 Å². The summed E-state index contributed by atoms with van der Waals surface area (Å²) in [5.41, 5.74) is 1.04. The number of halogens is 1. The topological polar surface area (TPSA) is 25.4 Å². The minimum Gasteiger partial charge on any atom is -0.381 e. The number of likely N-dealkylation sites (tertiary alicyclic amines) is 1. The Morgan fingerprint density at radius 1 is 1.44 bits per heavy atom. The Kier molecular flexibility index (Phi) is 4.16. The number of pyridine rings is 1. The van der Waals surface area contributed by atoms with Gasteiger partial charge >= 0.3 is 0 Å². The Morgan fingerprint density at radius 3 is 2.81 bits per heavy atom. The molecule has 1 aromatic rings. The first-order valence-electron chi connectivity index (χ1n) is 5.64. The SMILES string of the molecule is COC1CCN(Cc2cccc(Cl)n2)CC1. The number of hydrogen-bond acceptors (Lipinski definition) is 3. The Hall–Kier alpha value is -0.640. The lowest BCUT2D eigenvalue weighted by molar-refractivity contribution is 0.0385. The second-order valence-corrected chi connectivity index (χ2v) is 4.55. The van der Waals surface area contributed by atoms with Crippen LogP contribution in [-0.2, 0) is 11.3 Å². The maximum atomic E-state index is 5.86. The molecule has 2 rings (SSSR count). The zero-order valence-corrected chi connectivity index (χ0v) is 10.3. The first-order chi connectivity index (χ1) is 7.78. The van der Waals surface area contributed by atoms with Gasteiger partial charge in [-0.15, -0.1) is 0 Å². The van der Waals surface area contributed by atoms with Crippen molar-refractivity contribution in [3.63, 3.8) is 0 Å². The van der Waals surface area contributed by atoms with Crippen molar-refractivity contribution in [1.82, 2.24) is 9.88 Å². The summed E-state index contributed by atoms with van der Waals surface area (Å²) in [4.78, 5) is 6.70. The minimum absolute atomic E-state index is 0.434. The number of aromatic nitrogens is 1. The molecule has 1 saturated heterocycles. The molecule has 0 unspecified atom stereocenters. The fourth-order valence-electron chi connectivity index (χ4n) is 2.07. The maximum Gasteiger partial charge on any atom is 0.129 e. The minimum atomic E-state index is 0.434. The molecule has 0 amide bonds. The molecular formula is C12H17ClN2O. The molecule has 3 nitrogen and oxygen atoms in total. The summed E-state index contributed by atoms with van der Waals surface area (Å²) in [5.74, 6) is 0. The maximum absolute atomic E-state index is 5.86. The van der Waals surface area contributed by atoms with E-state index in [1.54, 1.807) is 7.11 Å². The van der Waals surface area contributed by atoms with Crippen LogP contribution in [0.15, 0.2) is 18.2 Å². The smallest absolute Gasteiger partial charge is 0.129 e. The molecule has 4 heteroatoms. The molecule has 1 aromatic heterocycles. The van der Waals surface area contributed by atoms with E-state index in [1.807, 2.05) is 18.2 Å². The molecule has 0 saturated carbocycles. The molecule has 0 bridgehead atoms. The third-order valence-electron chi connectivity index (χ3n) is 3.03. The van der Waals surface area contributed by atoms with Crippen molar-refractivity contribution in [3.8, 4) is 0 Å². The van der Waals surface area contributed by atoms with Crippen LogP contribution in [0.25, 0.3) is 0 Å². The number of nitrogens with zero attached hydrogens (tertiary/aromatic N) is 2. The van der Waals surface area contributed by atoms with Crippen LogP contribution >= 0.6 is 11.6 Å². The van der Waals surface area contributed by atoms with Gasteiger partial charge in [-0.1, -0.05) is 17.7 Å². The van der Waals surface area contributed by atoms with Gasteiger partial charge in [-0.05, 0) is 25.0 Å². The Labute approximate surface area is 101 Å². The molecule has 1 aliphatic rings. The largest absolute Gasteiger partial charge is 0.381 e. The number of hydrogen-bond donors (Lipinski definition) is 0. The Balaban J connectivity index is 1.87. The van der Waals surface area contributed by atoms with Crippen LogP contribution in [0.2, 0.25) is 5.15 Å². The fraction of sp³-hybridized carbons (Fsp3) is 0.583. The van der Waals surface area contributed by atoms with E-state index in [2.05, 4.69) is 9.88 Å². The predicted molar refractivity (Wildman–Crippen MR) is 64.6 cm³/mol. The van der Waals surface area contributed by atoms with Crippen molar-refractivity contribution >= 4 is 11.6 Å². The Morgan fingerprint density at radius 2 is 2.19 bits per heavy atom. The highest BCUT2D eigenvalue weighted by atomic mass is 35.5. The van der Waals surface area contributed by atoms with Crippen molar-refractivity contribution in [3.05, 3.63) is 29.0 Å². The van der Waals surface area contributed by atoms with Gasteiger partial charge in [-0.2, -0.15) is 0 Å². The molecule has 88 valence electrons. The second kappa shape index (κ2) is 5.62. The molecule has 0 aliphatic carbocycles.